The predicted octanol–water partition coefficient (Wildman–Crippen LogP) is 3.50. The van der Waals surface area contributed by atoms with Crippen LogP contribution >= 0.6 is 0 Å². The number of esters is 1. The highest BCUT2D eigenvalue weighted by atomic mass is 16.6. The van der Waals surface area contributed by atoms with E-state index in [0.717, 1.165) is 32.0 Å². The smallest absolute Gasteiger partial charge is 0.303 e. The summed E-state index contributed by atoms with van der Waals surface area (Å²) in [5.41, 5.74) is -0.0947. The summed E-state index contributed by atoms with van der Waals surface area (Å²) < 4.78 is 5.68. The fourth-order valence-corrected chi connectivity index (χ4v) is 3.33. The van der Waals surface area contributed by atoms with Gasteiger partial charge in [0.05, 0.1) is 0 Å². The molecule has 0 saturated heterocycles. The molecule has 0 aromatic carbocycles. The number of hydrogen-bond acceptors (Lipinski definition) is 3. The van der Waals surface area contributed by atoms with Crippen LogP contribution in [0.3, 0.4) is 0 Å². The lowest BCUT2D eigenvalue weighted by Crippen LogP contribution is -2.48. The van der Waals surface area contributed by atoms with Crippen LogP contribution in [0.25, 0.3) is 0 Å². The Labute approximate surface area is 110 Å². The number of rotatable bonds is 5. The van der Waals surface area contributed by atoms with Crippen LogP contribution in [0.5, 0.6) is 0 Å². The van der Waals surface area contributed by atoms with Crippen LogP contribution in [0.1, 0.15) is 66.2 Å². The lowest BCUT2D eigenvalue weighted by atomic mass is 9.62. The van der Waals surface area contributed by atoms with Gasteiger partial charge >= 0.3 is 5.97 Å². The first-order valence-corrected chi connectivity index (χ1v) is 6.98. The molecule has 0 aromatic heterocycles. The second-order valence-corrected chi connectivity index (χ2v) is 6.34. The van der Waals surface area contributed by atoms with E-state index in [0.29, 0.717) is 24.2 Å². The van der Waals surface area contributed by atoms with Gasteiger partial charge < -0.3 is 9.53 Å². The van der Waals surface area contributed by atoms with Gasteiger partial charge in [-0.3, -0.25) is 4.79 Å². The Bertz CT molecular complexity index is 309. The van der Waals surface area contributed by atoms with E-state index in [-0.39, 0.29) is 5.97 Å². The molecule has 0 bridgehead atoms. The zero-order chi connectivity index (χ0) is 13.8. The molecule has 0 amide bonds. The van der Waals surface area contributed by atoms with E-state index < -0.39 is 5.60 Å². The van der Waals surface area contributed by atoms with Gasteiger partial charge in [-0.25, -0.2) is 0 Å². The van der Waals surface area contributed by atoms with Gasteiger partial charge in [0, 0.05) is 13.3 Å². The first-order valence-electron chi connectivity index (χ1n) is 6.98. The Morgan fingerprint density at radius 3 is 2.56 bits per heavy atom. The van der Waals surface area contributed by atoms with E-state index in [4.69, 9.17) is 4.74 Å². The standard InChI is InChI=1S/C15H26O3/c1-5-13-11-14(3,4)8-9-15(13,7-6-10-16)18-12(2)17/h10,13H,5-9,11H2,1-4H3. The van der Waals surface area contributed by atoms with E-state index in [9.17, 15) is 9.59 Å². The highest BCUT2D eigenvalue weighted by molar-refractivity contribution is 5.66. The van der Waals surface area contributed by atoms with Gasteiger partial charge in [-0.05, 0) is 43.4 Å². The SMILES string of the molecule is CCC1CC(C)(C)CCC1(CCC=O)OC(C)=O. The highest BCUT2D eigenvalue weighted by Gasteiger charge is 2.47. The summed E-state index contributed by atoms with van der Waals surface area (Å²) in [5.74, 6) is 0.143. The Morgan fingerprint density at radius 2 is 2.06 bits per heavy atom. The summed E-state index contributed by atoms with van der Waals surface area (Å²) >= 11 is 0. The third kappa shape index (κ3) is 3.56. The summed E-state index contributed by atoms with van der Waals surface area (Å²) in [6.07, 6.45) is 6.07. The fourth-order valence-electron chi connectivity index (χ4n) is 3.33. The minimum atomic E-state index is -0.406. The molecule has 1 aliphatic carbocycles. The highest BCUT2D eigenvalue weighted by Crippen LogP contribution is 2.49. The largest absolute Gasteiger partial charge is 0.459 e. The molecule has 18 heavy (non-hydrogen) atoms. The Hall–Kier alpha value is -0.860. The maximum absolute atomic E-state index is 11.4. The molecule has 2 unspecified atom stereocenters. The van der Waals surface area contributed by atoms with Crippen molar-refractivity contribution in [3.05, 3.63) is 0 Å². The molecular formula is C15H26O3. The van der Waals surface area contributed by atoms with Crippen molar-refractivity contribution >= 4 is 12.3 Å². The number of carbonyl (C=O) groups excluding carboxylic acids is 2. The van der Waals surface area contributed by atoms with Crippen LogP contribution in [-0.2, 0) is 14.3 Å². The topological polar surface area (TPSA) is 43.4 Å². The molecule has 1 fully saturated rings. The van der Waals surface area contributed by atoms with Crippen molar-refractivity contribution in [3.8, 4) is 0 Å². The molecule has 3 nitrogen and oxygen atoms in total. The molecular weight excluding hydrogens is 228 g/mol. The first kappa shape index (κ1) is 15.2. The molecule has 1 saturated carbocycles. The molecule has 2 atom stereocenters. The molecule has 104 valence electrons. The van der Waals surface area contributed by atoms with Crippen LogP contribution in [0.2, 0.25) is 0 Å². The molecule has 1 aliphatic rings. The van der Waals surface area contributed by atoms with Crippen molar-refractivity contribution in [2.75, 3.05) is 0 Å². The van der Waals surface area contributed by atoms with Gasteiger partial charge in [-0.2, -0.15) is 0 Å². The van der Waals surface area contributed by atoms with Crippen LogP contribution in [0.4, 0.5) is 0 Å². The van der Waals surface area contributed by atoms with Crippen molar-refractivity contribution in [2.45, 2.75) is 71.8 Å². The van der Waals surface area contributed by atoms with Gasteiger partial charge in [-0.15, -0.1) is 0 Å². The number of aldehydes is 1. The van der Waals surface area contributed by atoms with Gasteiger partial charge in [-0.1, -0.05) is 20.8 Å². The van der Waals surface area contributed by atoms with E-state index in [1.54, 1.807) is 0 Å². The van der Waals surface area contributed by atoms with E-state index in [1.807, 2.05) is 0 Å². The van der Waals surface area contributed by atoms with Gasteiger partial charge in [0.15, 0.2) is 0 Å². The Balaban J connectivity index is 2.92. The second kappa shape index (κ2) is 5.85. The normalized spacial score (nSPS) is 30.8. The van der Waals surface area contributed by atoms with Crippen LogP contribution in [0, 0.1) is 11.3 Å². The van der Waals surface area contributed by atoms with Crippen molar-refractivity contribution in [2.24, 2.45) is 11.3 Å². The van der Waals surface area contributed by atoms with E-state index in [2.05, 4.69) is 20.8 Å². The summed E-state index contributed by atoms with van der Waals surface area (Å²) in [7, 11) is 0. The number of ether oxygens (including phenoxy) is 1. The lowest BCUT2D eigenvalue weighted by molar-refractivity contribution is -0.175. The minimum absolute atomic E-state index is 0.223. The quantitative estimate of drug-likeness (QED) is 0.557. The van der Waals surface area contributed by atoms with Gasteiger partial charge in [0.1, 0.15) is 11.9 Å². The predicted molar refractivity (Wildman–Crippen MR) is 71.2 cm³/mol. The molecule has 0 aliphatic heterocycles. The molecule has 0 aromatic rings. The van der Waals surface area contributed by atoms with Gasteiger partial charge in [0.2, 0.25) is 0 Å². The van der Waals surface area contributed by atoms with E-state index >= 15 is 0 Å². The maximum Gasteiger partial charge on any atom is 0.303 e. The molecule has 0 radical (unpaired) electrons. The molecule has 0 heterocycles. The molecule has 1 rings (SSSR count). The number of hydrogen-bond donors (Lipinski definition) is 0. The zero-order valence-electron chi connectivity index (χ0n) is 12.1. The first-order chi connectivity index (χ1) is 8.35. The fraction of sp³-hybridized carbons (Fsp3) is 0.867. The second-order valence-electron chi connectivity index (χ2n) is 6.34. The van der Waals surface area contributed by atoms with Crippen LogP contribution in [0.15, 0.2) is 0 Å². The third-order valence-corrected chi connectivity index (χ3v) is 4.29. The zero-order valence-corrected chi connectivity index (χ0v) is 12.1. The summed E-state index contributed by atoms with van der Waals surface area (Å²) in [4.78, 5) is 22.1. The average Bonchev–Trinajstić information content (AvgIpc) is 2.28. The monoisotopic (exact) mass is 254 g/mol. The van der Waals surface area contributed by atoms with Crippen LogP contribution < -0.4 is 0 Å². The Morgan fingerprint density at radius 1 is 1.39 bits per heavy atom. The van der Waals surface area contributed by atoms with Crippen molar-refractivity contribution in [1.29, 1.82) is 0 Å². The Kier molecular flexibility index (Phi) is 4.94. The van der Waals surface area contributed by atoms with Crippen molar-refractivity contribution in [3.63, 3.8) is 0 Å². The van der Waals surface area contributed by atoms with Crippen molar-refractivity contribution in [1.82, 2.24) is 0 Å². The van der Waals surface area contributed by atoms with Gasteiger partial charge in [0.25, 0.3) is 0 Å². The molecule has 3 heteroatoms. The summed E-state index contributed by atoms with van der Waals surface area (Å²) in [5, 5.41) is 0. The van der Waals surface area contributed by atoms with Crippen LogP contribution in [-0.4, -0.2) is 17.9 Å². The minimum Gasteiger partial charge on any atom is -0.459 e. The number of carbonyl (C=O) groups is 2. The van der Waals surface area contributed by atoms with E-state index in [1.165, 1.54) is 6.92 Å². The summed E-state index contributed by atoms with van der Waals surface area (Å²) in [6.45, 7) is 8.15. The molecule has 0 N–H and O–H groups in total. The summed E-state index contributed by atoms with van der Waals surface area (Å²) in [6, 6.07) is 0. The maximum atomic E-state index is 11.4. The lowest BCUT2D eigenvalue weighted by Gasteiger charge is -2.48. The average molecular weight is 254 g/mol. The van der Waals surface area contributed by atoms with Crippen molar-refractivity contribution < 1.29 is 14.3 Å². The molecule has 0 spiro atoms. The third-order valence-electron chi connectivity index (χ3n) is 4.29.